The predicted molar refractivity (Wildman–Crippen MR) is 68.7 cm³/mol. The minimum absolute atomic E-state index is 0.122. The Labute approximate surface area is 108 Å². The third kappa shape index (κ3) is 4.75. The summed E-state index contributed by atoms with van der Waals surface area (Å²) < 4.78 is 10.0. The summed E-state index contributed by atoms with van der Waals surface area (Å²) in [7, 11) is 1.63. The Morgan fingerprint density at radius 2 is 1.94 bits per heavy atom. The highest BCUT2D eigenvalue weighted by Gasteiger charge is 2.11. The number of aliphatic hydroxyl groups excluding tert-OH is 1. The van der Waals surface area contributed by atoms with Gasteiger partial charge in [0.2, 0.25) is 0 Å². The van der Waals surface area contributed by atoms with Crippen LogP contribution in [0, 0.1) is 0 Å². The number of carbonyl (C=O) groups excluding carboxylic acids is 1. The zero-order valence-electron chi connectivity index (χ0n) is 10.9. The van der Waals surface area contributed by atoms with E-state index in [0.29, 0.717) is 19.4 Å². The molecule has 0 unspecified atom stereocenters. The summed E-state index contributed by atoms with van der Waals surface area (Å²) in [4.78, 5) is 10.7. The van der Waals surface area contributed by atoms with Crippen LogP contribution in [0.5, 0.6) is 5.75 Å². The van der Waals surface area contributed by atoms with Crippen LogP contribution in [0.1, 0.15) is 31.2 Å². The van der Waals surface area contributed by atoms with Crippen molar-refractivity contribution in [1.82, 2.24) is 0 Å². The summed E-state index contributed by atoms with van der Waals surface area (Å²) in [5.41, 5.74) is 1.12. The molecule has 0 spiro atoms. The van der Waals surface area contributed by atoms with Gasteiger partial charge in [0.1, 0.15) is 5.75 Å². The van der Waals surface area contributed by atoms with Crippen LogP contribution in [0.2, 0.25) is 0 Å². The zero-order chi connectivity index (χ0) is 13.4. The number of carbonyl (C=O) groups is 1. The molecule has 1 aromatic carbocycles. The molecule has 1 aromatic rings. The van der Waals surface area contributed by atoms with E-state index in [4.69, 9.17) is 14.6 Å². The van der Waals surface area contributed by atoms with Crippen molar-refractivity contribution >= 4 is 5.97 Å². The summed E-state index contributed by atoms with van der Waals surface area (Å²) in [5, 5.41) is 9.07. The van der Waals surface area contributed by atoms with Gasteiger partial charge in [-0.15, -0.1) is 0 Å². The van der Waals surface area contributed by atoms with Gasteiger partial charge in [-0.1, -0.05) is 12.1 Å². The Bertz CT molecular complexity index is 359. The molecule has 100 valence electrons. The number of aliphatic hydroxyl groups is 1. The fourth-order valence-electron chi connectivity index (χ4n) is 1.85. The maximum absolute atomic E-state index is 10.7. The molecule has 0 fully saturated rings. The zero-order valence-corrected chi connectivity index (χ0v) is 10.9. The fraction of sp³-hybridized carbons (Fsp3) is 0.500. The van der Waals surface area contributed by atoms with Gasteiger partial charge in [-0.05, 0) is 36.5 Å². The largest absolute Gasteiger partial charge is 0.497 e. The topological polar surface area (TPSA) is 55.8 Å². The maximum atomic E-state index is 10.7. The van der Waals surface area contributed by atoms with E-state index in [1.54, 1.807) is 7.11 Å². The van der Waals surface area contributed by atoms with Crippen molar-refractivity contribution in [2.24, 2.45) is 0 Å². The van der Waals surface area contributed by atoms with Crippen molar-refractivity contribution < 1.29 is 19.4 Å². The quantitative estimate of drug-likeness (QED) is 0.755. The Morgan fingerprint density at radius 1 is 1.28 bits per heavy atom. The first kappa shape index (κ1) is 14.5. The molecule has 0 radical (unpaired) electrons. The lowest BCUT2D eigenvalue weighted by Crippen LogP contribution is -2.08. The number of esters is 1. The van der Waals surface area contributed by atoms with Crippen LogP contribution in [0.4, 0.5) is 0 Å². The molecule has 0 heterocycles. The lowest BCUT2D eigenvalue weighted by molar-refractivity contribution is -0.141. The normalized spacial score (nSPS) is 11.9. The third-order valence-electron chi connectivity index (χ3n) is 2.84. The average Bonchev–Trinajstić information content (AvgIpc) is 2.37. The van der Waals surface area contributed by atoms with Gasteiger partial charge in [-0.3, -0.25) is 4.79 Å². The Hall–Kier alpha value is -1.55. The van der Waals surface area contributed by atoms with Crippen molar-refractivity contribution in [3.8, 4) is 5.75 Å². The smallest absolute Gasteiger partial charge is 0.302 e. The molecule has 1 atom stereocenters. The Kier molecular flexibility index (Phi) is 6.22. The van der Waals surface area contributed by atoms with Crippen LogP contribution >= 0.6 is 0 Å². The second-order valence-corrected chi connectivity index (χ2v) is 4.11. The van der Waals surface area contributed by atoms with Crippen molar-refractivity contribution in [3.05, 3.63) is 29.8 Å². The highest BCUT2D eigenvalue weighted by molar-refractivity contribution is 5.65. The van der Waals surface area contributed by atoms with Crippen molar-refractivity contribution in [2.75, 3.05) is 20.3 Å². The van der Waals surface area contributed by atoms with Crippen molar-refractivity contribution in [1.29, 1.82) is 0 Å². The molecule has 0 aliphatic carbocycles. The monoisotopic (exact) mass is 252 g/mol. The van der Waals surface area contributed by atoms with Gasteiger partial charge in [0.05, 0.1) is 13.7 Å². The minimum atomic E-state index is -0.271. The van der Waals surface area contributed by atoms with Gasteiger partial charge < -0.3 is 14.6 Å². The molecular formula is C14H20O4. The number of benzene rings is 1. The van der Waals surface area contributed by atoms with Crippen LogP contribution in [-0.4, -0.2) is 31.4 Å². The van der Waals surface area contributed by atoms with E-state index < -0.39 is 0 Å². The van der Waals surface area contributed by atoms with E-state index in [1.165, 1.54) is 6.92 Å². The molecule has 0 aliphatic heterocycles. The van der Waals surface area contributed by atoms with Gasteiger partial charge in [0, 0.05) is 13.5 Å². The van der Waals surface area contributed by atoms with Crippen molar-refractivity contribution in [2.45, 2.75) is 25.7 Å². The first-order valence-electron chi connectivity index (χ1n) is 6.05. The van der Waals surface area contributed by atoms with Crippen LogP contribution in [0.15, 0.2) is 24.3 Å². The SMILES string of the molecule is COc1ccc([C@@H](CCO)CCOC(C)=O)cc1. The van der Waals surface area contributed by atoms with Gasteiger partial charge >= 0.3 is 5.97 Å². The summed E-state index contributed by atoms with van der Waals surface area (Å²) in [6, 6.07) is 7.75. The Morgan fingerprint density at radius 3 is 2.44 bits per heavy atom. The second kappa shape index (κ2) is 7.71. The number of methoxy groups -OCH3 is 1. The minimum Gasteiger partial charge on any atom is -0.497 e. The van der Waals surface area contributed by atoms with Gasteiger partial charge in [-0.25, -0.2) is 0 Å². The number of hydrogen-bond acceptors (Lipinski definition) is 4. The summed E-state index contributed by atoms with van der Waals surface area (Å²) in [5.74, 6) is 0.731. The van der Waals surface area contributed by atoms with Crippen LogP contribution in [-0.2, 0) is 9.53 Å². The van der Waals surface area contributed by atoms with Crippen molar-refractivity contribution in [3.63, 3.8) is 0 Å². The first-order valence-corrected chi connectivity index (χ1v) is 6.05. The lowest BCUT2D eigenvalue weighted by atomic mass is 9.93. The van der Waals surface area contributed by atoms with E-state index in [2.05, 4.69) is 0 Å². The van der Waals surface area contributed by atoms with Gasteiger partial charge in [-0.2, -0.15) is 0 Å². The maximum Gasteiger partial charge on any atom is 0.302 e. The summed E-state index contributed by atoms with van der Waals surface area (Å²) in [6.45, 7) is 1.90. The first-order chi connectivity index (χ1) is 8.67. The number of hydrogen-bond donors (Lipinski definition) is 1. The molecule has 1 N–H and O–H groups in total. The van der Waals surface area contributed by atoms with Gasteiger partial charge in [0.15, 0.2) is 0 Å². The van der Waals surface area contributed by atoms with Crippen LogP contribution in [0.25, 0.3) is 0 Å². The second-order valence-electron chi connectivity index (χ2n) is 4.11. The molecule has 0 saturated heterocycles. The predicted octanol–water partition coefficient (Wildman–Crippen LogP) is 2.11. The molecule has 4 heteroatoms. The average molecular weight is 252 g/mol. The standard InChI is InChI=1S/C14H20O4/c1-11(16)18-10-8-13(7-9-15)12-3-5-14(17-2)6-4-12/h3-6,13,15H,7-10H2,1-2H3/t13-/m0/s1. The lowest BCUT2D eigenvalue weighted by Gasteiger charge is -2.16. The highest BCUT2D eigenvalue weighted by Crippen LogP contribution is 2.25. The summed E-state index contributed by atoms with van der Waals surface area (Å²) >= 11 is 0. The number of ether oxygens (including phenoxy) is 2. The molecule has 18 heavy (non-hydrogen) atoms. The molecule has 4 nitrogen and oxygen atoms in total. The van der Waals surface area contributed by atoms with Gasteiger partial charge in [0.25, 0.3) is 0 Å². The molecule has 1 rings (SSSR count). The van der Waals surface area contributed by atoms with E-state index in [9.17, 15) is 4.79 Å². The fourth-order valence-corrected chi connectivity index (χ4v) is 1.85. The number of rotatable bonds is 7. The Balaban J connectivity index is 2.61. The van der Waals surface area contributed by atoms with E-state index >= 15 is 0 Å². The highest BCUT2D eigenvalue weighted by atomic mass is 16.5. The van der Waals surface area contributed by atoms with E-state index in [-0.39, 0.29) is 18.5 Å². The molecule has 0 saturated carbocycles. The molecule has 0 bridgehead atoms. The third-order valence-corrected chi connectivity index (χ3v) is 2.84. The van der Waals surface area contributed by atoms with E-state index in [0.717, 1.165) is 11.3 Å². The molecule has 0 aliphatic rings. The van der Waals surface area contributed by atoms with Crippen LogP contribution < -0.4 is 4.74 Å². The molecule has 0 amide bonds. The summed E-state index contributed by atoms with van der Waals surface area (Å²) in [6.07, 6.45) is 1.38. The van der Waals surface area contributed by atoms with E-state index in [1.807, 2.05) is 24.3 Å². The van der Waals surface area contributed by atoms with Crippen LogP contribution in [0.3, 0.4) is 0 Å². The molecule has 0 aromatic heterocycles. The molecular weight excluding hydrogens is 232 g/mol.